The molecule has 0 saturated carbocycles. The van der Waals surface area contributed by atoms with Crippen molar-refractivity contribution in [2.45, 2.75) is 32.2 Å². The highest BCUT2D eigenvalue weighted by atomic mass is 15.2. The van der Waals surface area contributed by atoms with Crippen molar-refractivity contribution in [2.75, 3.05) is 46.8 Å². The number of nitrogens with zero attached hydrogens (tertiary/aromatic N) is 2. The predicted molar refractivity (Wildman–Crippen MR) is 73.3 cm³/mol. The molecule has 3 nitrogen and oxygen atoms in total. The van der Waals surface area contributed by atoms with Crippen LogP contribution in [0.25, 0.3) is 0 Å². The Bertz CT molecular complexity index is 224. The van der Waals surface area contributed by atoms with Gasteiger partial charge in [0.05, 0.1) is 0 Å². The monoisotopic (exact) mass is 239 g/mol. The van der Waals surface area contributed by atoms with Crippen LogP contribution < -0.4 is 5.32 Å². The zero-order valence-electron chi connectivity index (χ0n) is 11.8. The van der Waals surface area contributed by atoms with Crippen LogP contribution in [0.2, 0.25) is 0 Å². The molecule has 0 aliphatic carbocycles. The van der Waals surface area contributed by atoms with E-state index in [0.717, 1.165) is 17.9 Å². The van der Waals surface area contributed by atoms with Crippen LogP contribution in [0.4, 0.5) is 0 Å². The van der Waals surface area contributed by atoms with E-state index in [1.165, 1.54) is 52.0 Å². The van der Waals surface area contributed by atoms with Crippen LogP contribution in [-0.2, 0) is 0 Å². The minimum absolute atomic E-state index is 0.740. The predicted octanol–water partition coefficient (Wildman–Crippen LogP) is 1.26. The molecule has 0 bridgehead atoms. The van der Waals surface area contributed by atoms with E-state index in [0.29, 0.717) is 0 Å². The second-order valence-electron chi connectivity index (χ2n) is 6.17. The largest absolute Gasteiger partial charge is 0.317 e. The van der Waals surface area contributed by atoms with Crippen LogP contribution in [-0.4, -0.2) is 62.7 Å². The minimum atomic E-state index is 0.740. The summed E-state index contributed by atoms with van der Waals surface area (Å²) in [5.41, 5.74) is 0. The van der Waals surface area contributed by atoms with E-state index in [-0.39, 0.29) is 0 Å². The summed E-state index contributed by atoms with van der Waals surface area (Å²) in [6, 6.07) is 0.740. The zero-order chi connectivity index (χ0) is 12.3. The van der Waals surface area contributed by atoms with Gasteiger partial charge in [0.15, 0.2) is 0 Å². The van der Waals surface area contributed by atoms with E-state index in [2.05, 4.69) is 36.1 Å². The molecule has 0 radical (unpaired) electrons. The highest BCUT2D eigenvalue weighted by molar-refractivity contribution is 4.83. The van der Waals surface area contributed by atoms with Crippen molar-refractivity contribution in [3.05, 3.63) is 0 Å². The van der Waals surface area contributed by atoms with Gasteiger partial charge in [-0.15, -0.1) is 0 Å². The summed E-state index contributed by atoms with van der Waals surface area (Å²) in [6.45, 7) is 8.91. The molecule has 100 valence electrons. The fourth-order valence-electron chi connectivity index (χ4n) is 3.44. The zero-order valence-corrected chi connectivity index (χ0v) is 11.8. The Morgan fingerprint density at radius 3 is 2.41 bits per heavy atom. The van der Waals surface area contributed by atoms with Crippen LogP contribution in [0.15, 0.2) is 0 Å². The van der Waals surface area contributed by atoms with Gasteiger partial charge in [0, 0.05) is 19.1 Å². The molecule has 2 aliphatic rings. The van der Waals surface area contributed by atoms with Gasteiger partial charge in [0.25, 0.3) is 0 Å². The molecule has 1 N–H and O–H groups in total. The van der Waals surface area contributed by atoms with Gasteiger partial charge in [0.2, 0.25) is 0 Å². The second-order valence-corrected chi connectivity index (χ2v) is 6.17. The fraction of sp³-hybridized carbons (Fsp3) is 1.00. The van der Waals surface area contributed by atoms with Crippen molar-refractivity contribution >= 4 is 0 Å². The smallest absolute Gasteiger partial charge is 0.0114 e. The van der Waals surface area contributed by atoms with Gasteiger partial charge < -0.3 is 15.1 Å². The molecule has 2 rings (SSSR count). The van der Waals surface area contributed by atoms with Crippen LogP contribution in [0.1, 0.15) is 26.2 Å². The minimum Gasteiger partial charge on any atom is -0.317 e. The van der Waals surface area contributed by atoms with E-state index in [4.69, 9.17) is 0 Å². The lowest BCUT2D eigenvalue weighted by Crippen LogP contribution is -2.49. The summed E-state index contributed by atoms with van der Waals surface area (Å²) in [4.78, 5) is 5.17. The van der Waals surface area contributed by atoms with Crippen molar-refractivity contribution in [3.63, 3.8) is 0 Å². The Labute approximate surface area is 107 Å². The van der Waals surface area contributed by atoms with Gasteiger partial charge >= 0.3 is 0 Å². The molecule has 2 saturated heterocycles. The number of hydrogen-bond donors (Lipinski definition) is 1. The highest BCUT2D eigenvalue weighted by Crippen LogP contribution is 2.21. The van der Waals surface area contributed by atoms with Gasteiger partial charge in [-0.1, -0.05) is 6.92 Å². The first kappa shape index (κ1) is 13.3. The molecule has 0 amide bonds. The Morgan fingerprint density at radius 1 is 1.12 bits per heavy atom. The van der Waals surface area contributed by atoms with Crippen LogP contribution in [0.3, 0.4) is 0 Å². The molecule has 0 aromatic rings. The molecule has 2 unspecified atom stereocenters. The summed E-state index contributed by atoms with van der Waals surface area (Å²) in [7, 11) is 4.35. The van der Waals surface area contributed by atoms with Gasteiger partial charge in [-0.05, 0) is 64.8 Å². The van der Waals surface area contributed by atoms with E-state index < -0.39 is 0 Å². The van der Waals surface area contributed by atoms with Crippen LogP contribution >= 0.6 is 0 Å². The quantitative estimate of drug-likeness (QED) is 0.800. The van der Waals surface area contributed by atoms with Crippen molar-refractivity contribution in [3.8, 4) is 0 Å². The average Bonchev–Trinajstić information content (AvgIpc) is 2.32. The second kappa shape index (κ2) is 6.17. The lowest BCUT2D eigenvalue weighted by molar-refractivity contribution is 0.108. The van der Waals surface area contributed by atoms with Crippen molar-refractivity contribution in [2.24, 2.45) is 11.8 Å². The SMILES string of the molecule is CNC1CCN(CC2CCN(C)CC2)CC1C. The lowest BCUT2D eigenvalue weighted by Gasteiger charge is -2.39. The van der Waals surface area contributed by atoms with E-state index in [1.807, 2.05) is 0 Å². The molecule has 2 heterocycles. The van der Waals surface area contributed by atoms with E-state index in [9.17, 15) is 0 Å². The maximum Gasteiger partial charge on any atom is 0.0114 e. The van der Waals surface area contributed by atoms with Gasteiger partial charge in [-0.3, -0.25) is 0 Å². The highest BCUT2D eigenvalue weighted by Gasteiger charge is 2.27. The number of hydrogen-bond acceptors (Lipinski definition) is 3. The molecule has 0 aromatic heterocycles. The molecule has 2 aliphatic heterocycles. The summed E-state index contributed by atoms with van der Waals surface area (Å²) in [5.74, 6) is 1.75. The summed E-state index contributed by atoms with van der Waals surface area (Å²) in [6.07, 6.45) is 4.12. The number of piperidine rings is 2. The third kappa shape index (κ3) is 3.67. The Balaban J connectivity index is 1.73. The van der Waals surface area contributed by atoms with Crippen LogP contribution in [0.5, 0.6) is 0 Å². The fourth-order valence-corrected chi connectivity index (χ4v) is 3.44. The summed E-state index contributed by atoms with van der Waals surface area (Å²) < 4.78 is 0. The Hall–Kier alpha value is -0.120. The molecular formula is C14H29N3. The molecule has 0 spiro atoms. The maximum atomic E-state index is 3.45. The first-order valence-electron chi connectivity index (χ1n) is 7.27. The molecule has 3 heteroatoms. The summed E-state index contributed by atoms with van der Waals surface area (Å²) >= 11 is 0. The van der Waals surface area contributed by atoms with Crippen molar-refractivity contribution < 1.29 is 0 Å². The number of rotatable bonds is 3. The normalized spacial score (nSPS) is 34.1. The Kier molecular flexibility index (Phi) is 4.83. The molecule has 0 aromatic carbocycles. The maximum absolute atomic E-state index is 3.45. The van der Waals surface area contributed by atoms with Crippen molar-refractivity contribution in [1.29, 1.82) is 0 Å². The lowest BCUT2D eigenvalue weighted by atomic mass is 9.91. The topological polar surface area (TPSA) is 18.5 Å². The first-order chi connectivity index (χ1) is 8.19. The third-order valence-electron chi connectivity index (χ3n) is 4.71. The van der Waals surface area contributed by atoms with Gasteiger partial charge in [-0.25, -0.2) is 0 Å². The summed E-state index contributed by atoms with van der Waals surface area (Å²) in [5, 5.41) is 3.45. The Morgan fingerprint density at radius 2 is 1.82 bits per heavy atom. The van der Waals surface area contributed by atoms with Crippen LogP contribution in [0, 0.1) is 11.8 Å². The molecule has 2 atom stereocenters. The van der Waals surface area contributed by atoms with E-state index in [1.54, 1.807) is 0 Å². The standard InChI is InChI=1S/C14H29N3/c1-12-10-17(9-6-14(12)15-2)11-13-4-7-16(3)8-5-13/h12-15H,4-11H2,1-3H3. The number of likely N-dealkylation sites (tertiary alicyclic amines) is 2. The molecule has 2 fully saturated rings. The van der Waals surface area contributed by atoms with E-state index >= 15 is 0 Å². The first-order valence-corrected chi connectivity index (χ1v) is 7.27. The van der Waals surface area contributed by atoms with Crippen molar-refractivity contribution in [1.82, 2.24) is 15.1 Å². The van der Waals surface area contributed by atoms with Gasteiger partial charge in [0.1, 0.15) is 0 Å². The number of nitrogens with one attached hydrogen (secondary N) is 1. The average molecular weight is 239 g/mol. The molecule has 17 heavy (non-hydrogen) atoms. The van der Waals surface area contributed by atoms with Gasteiger partial charge in [-0.2, -0.15) is 0 Å². The third-order valence-corrected chi connectivity index (χ3v) is 4.71. The molecular weight excluding hydrogens is 210 g/mol.